The zero-order valence-electron chi connectivity index (χ0n) is 12.6. The van der Waals surface area contributed by atoms with Crippen molar-refractivity contribution in [2.24, 2.45) is 5.73 Å². The van der Waals surface area contributed by atoms with E-state index in [2.05, 4.69) is 4.72 Å². The molecule has 1 rings (SSSR count). The quantitative estimate of drug-likeness (QED) is 0.763. The standard InChI is InChI=1S/C14H23ClN2O3S/c1-4-5-13(9-20-3)17-21(18,19)14-7-12(15)6-11(8-16)10(14)2/h6-7,13,17H,4-5,8-9,16H2,1-3H3. The molecule has 21 heavy (non-hydrogen) atoms. The van der Waals surface area contributed by atoms with Crippen LogP contribution in [0.25, 0.3) is 0 Å². The third-order valence-corrected chi connectivity index (χ3v) is 5.13. The average Bonchev–Trinajstić information content (AvgIpc) is 2.41. The van der Waals surface area contributed by atoms with E-state index in [0.29, 0.717) is 23.6 Å². The monoisotopic (exact) mass is 334 g/mol. The third-order valence-electron chi connectivity index (χ3n) is 3.27. The molecular weight excluding hydrogens is 312 g/mol. The Balaban J connectivity index is 3.15. The lowest BCUT2D eigenvalue weighted by atomic mass is 10.1. The Morgan fingerprint density at radius 2 is 2.10 bits per heavy atom. The number of nitrogens with one attached hydrogen (secondary N) is 1. The maximum atomic E-state index is 12.6. The highest BCUT2D eigenvalue weighted by Gasteiger charge is 2.23. The largest absolute Gasteiger partial charge is 0.383 e. The predicted molar refractivity (Wildman–Crippen MR) is 85.0 cm³/mol. The molecule has 0 aliphatic heterocycles. The van der Waals surface area contributed by atoms with Crippen LogP contribution in [0.4, 0.5) is 0 Å². The normalized spacial score (nSPS) is 13.4. The molecule has 0 saturated heterocycles. The number of rotatable bonds is 8. The van der Waals surface area contributed by atoms with Gasteiger partial charge in [-0.3, -0.25) is 0 Å². The van der Waals surface area contributed by atoms with Gasteiger partial charge < -0.3 is 10.5 Å². The fourth-order valence-corrected chi connectivity index (χ4v) is 4.08. The van der Waals surface area contributed by atoms with Crippen molar-refractivity contribution >= 4 is 21.6 Å². The molecule has 0 aliphatic rings. The van der Waals surface area contributed by atoms with Crippen LogP contribution < -0.4 is 10.5 Å². The fraction of sp³-hybridized carbons (Fsp3) is 0.571. The van der Waals surface area contributed by atoms with Gasteiger partial charge in [0, 0.05) is 24.7 Å². The highest BCUT2D eigenvalue weighted by Crippen LogP contribution is 2.24. The molecule has 0 spiro atoms. The molecule has 0 aromatic heterocycles. The Bertz CT molecular complexity index is 570. The van der Waals surface area contributed by atoms with E-state index in [1.165, 1.54) is 6.07 Å². The van der Waals surface area contributed by atoms with E-state index >= 15 is 0 Å². The Hall–Kier alpha value is -0.660. The number of hydrogen-bond donors (Lipinski definition) is 2. The molecule has 0 amide bonds. The minimum atomic E-state index is -3.66. The summed E-state index contributed by atoms with van der Waals surface area (Å²) in [6, 6.07) is 2.88. The van der Waals surface area contributed by atoms with Crippen LogP contribution in [0.2, 0.25) is 5.02 Å². The van der Waals surface area contributed by atoms with Crippen LogP contribution in [0.3, 0.4) is 0 Å². The lowest BCUT2D eigenvalue weighted by Crippen LogP contribution is -2.38. The van der Waals surface area contributed by atoms with Crippen LogP contribution in [-0.2, 0) is 21.3 Å². The lowest BCUT2D eigenvalue weighted by Gasteiger charge is -2.19. The van der Waals surface area contributed by atoms with Gasteiger partial charge in [0.1, 0.15) is 0 Å². The van der Waals surface area contributed by atoms with Crippen LogP contribution in [0.5, 0.6) is 0 Å². The second-order valence-corrected chi connectivity index (χ2v) is 7.07. The van der Waals surface area contributed by atoms with Gasteiger partial charge in [-0.2, -0.15) is 0 Å². The third kappa shape index (κ3) is 4.93. The second-order valence-electron chi connectivity index (χ2n) is 4.95. The zero-order chi connectivity index (χ0) is 16.0. The summed E-state index contributed by atoms with van der Waals surface area (Å²) in [5, 5.41) is 0.361. The van der Waals surface area contributed by atoms with E-state index in [-0.39, 0.29) is 17.5 Å². The van der Waals surface area contributed by atoms with Gasteiger partial charge in [-0.05, 0) is 36.6 Å². The maximum Gasteiger partial charge on any atom is 0.241 e. The maximum absolute atomic E-state index is 12.6. The molecule has 1 aromatic carbocycles. The van der Waals surface area contributed by atoms with Crippen LogP contribution in [0, 0.1) is 6.92 Å². The van der Waals surface area contributed by atoms with Crippen molar-refractivity contribution < 1.29 is 13.2 Å². The van der Waals surface area contributed by atoms with Gasteiger partial charge in [-0.15, -0.1) is 0 Å². The molecule has 0 saturated carbocycles. The molecule has 0 radical (unpaired) electrons. The van der Waals surface area contributed by atoms with Crippen LogP contribution >= 0.6 is 11.6 Å². The summed E-state index contributed by atoms with van der Waals surface area (Å²) in [4.78, 5) is 0.174. The van der Waals surface area contributed by atoms with E-state index in [1.54, 1.807) is 20.1 Å². The van der Waals surface area contributed by atoms with Gasteiger partial charge in [0.2, 0.25) is 10.0 Å². The van der Waals surface area contributed by atoms with Crippen molar-refractivity contribution in [3.05, 3.63) is 28.3 Å². The summed E-state index contributed by atoms with van der Waals surface area (Å²) >= 11 is 5.99. The molecule has 7 heteroatoms. The van der Waals surface area contributed by atoms with E-state index in [9.17, 15) is 8.42 Å². The van der Waals surface area contributed by atoms with Gasteiger partial charge >= 0.3 is 0 Å². The molecule has 5 nitrogen and oxygen atoms in total. The number of sulfonamides is 1. The van der Waals surface area contributed by atoms with Crippen LogP contribution in [0.15, 0.2) is 17.0 Å². The lowest BCUT2D eigenvalue weighted by molar-refractivity contribution is 0.171. The van der Waals surface area contributed by atoms with Crippen LogP contribution in [0.1, 0.15) is 30.9 Å². The number of benzene rings is 1. The SMILES string of the molecule is CCCC(COC)NS(=O)(=O)c1cc(Cl)cc(CN)c1C. The molecule has 0 aliphatic carbocycles. The molecule has 120 valence electrons. The first-order valence-corrected chi connectivity index (χ1v) is 8.72. The molecule has 1 atom stereocenters. The topological polar surface area (TPSA) is 81.4 Å². The highest BCUT2D eigenvalue weighted by atomic mass is 35.5. The van der Waals surface area contributed by atoms with Crippen LogP contribution in [-0.4, -0.2) is 28.2 Å². The summed E-state index contributed by atoms with van der Waals surface area (Å²) in [6.45, 7) is 4.30. The van der Waals surface area contributed by atoms with Crippen molar-refractivity contribution in [3.8, 4) is 0 Å². The Kier molecular flexibility index (Phi) is 7.09. The molecular formula is C14H23ClN2O3S. The highest BCUT2D eigenvalue weighted by molar-refractivity contribution is 7.89. The zero-order valence-corrected chi connectivity index (χ0v) is 14.2. The number of ether oxygens (including phenoxy) is 1. The van der Waals surface area contributed by atoms with Gasteiger partial charge in [-0.1, -0.05) is 24.9 Å². The van der Waals surface area contributed by atoms with Gasteiger partial charge in [0.25, 0.3) is 0 Å². The summed E-state index contributed by atoms with van der Waals surface area (Å²) in [6.07, 6.45) is 1.57. The Morgan fingerprint density at radius 3 is 2.62 bits per heavy atom. The van der Waals surface area contributed by atoms with Crippen molar-refractivity contribution in [2.45, 2.75) is 44.2 Å². The summed E-state index contributed by atoms with van der Waals surface area (Å²) in [5.74, 6) is 0. The Morgan fingerprint density at radius 1 is 1.43 bits per heavy atom. The van der Waals surface area contributed by atoms with E-state index in [4.69, 9.17) is 22.1 Å². The minimum absolute atomic E-state index is 0.174. The van der Waals surface area contributed by atoms with Crippen molar-refractivity contribution in [2.75, 3.05) is 13.7 Å². The summed E-state index contributed by atoms with van der Waals surface area (Å²) in [7, 11) is -2.11. The van der Waals surface area contributed by atoms with Gasteiger partial charge in [0.05, 0.1) is 11.5 Å². The molecule has 0 bridgehead atoms. The first-order valence-electron chi connectivity index (χ1n) is 6.86. The Labute approximate surface area is 131 Å². The predicted octanol–water partition coefficient (Wildman–Crippen LogP) is 2.20. The van der Waals surface area contributed by atoms with Crippen molar-refractivity contribution in [3.63, 3.8) is 0 Å². The number of halogens is 1. The van der Waals surface area contributed by atoms with E-state index in [1.807, 2.05) is 6.92 Å². The second kappa shape index (κ2) is 8.10. The fourth-order valence-electron chi connectivity index (χ4n) is 2.21. The first-order chi connectivity index (χ1) is 9.85. The number of hydrogen-bond acceptors (Lipinski definition) is 4. The number of nitrogens with two attached hydrogens (primary N) is 1. The van der Waals surface area contributed by atoms with E-state index < -0.39 is 10.0 Å². The minimum Gasteiger partial charge on any atom is -0.383 e. The van der Waals surface area contributed by atoms with Gasteiger partial charge in [-0.25, -0.2) is 13.1 Å². The molecule has 1 unspecified atom stereocenters. The van der Waals surface area contributed by atoms with Gasteiger partial charge in [0.15, 0.2) is 0 Å². The first kappa shape index (κ1) is 18.4. The summed E-state index contributed by atoms with van der Waals surface area (Å²) < 4.78 is 32.9. The number of methoxy groups -OCH3 is 1. The summed E-state index contributed by atoms with van der Waals surface area (Å²) in [5.41, 5.74) is 6.99. The average molecular weight is 335 g/mol. The molecule has 3 N–H and O–H groups in total. The molecule has 0 fully saturated rings. The van der Waals surface area contributed by atoms with Crippen molar-refractivity contribution in [1.29, 1.82) is 0 Å². The smallest absolute Gasteiger partial charge is 0.241 e. The molecule has 0 heterocycles. The molecule has 1 aromatic rings. The van der Waals surface area contributed by atoms with E-state index in [0.717, 1.165) is 12.0 Å². The van der Waals surface area contributed by atoms with Crippen molar-refractivity contribution in [1.82, 2.24) is 4.72 Å².